The molecule has 0 spiro atoms. The van der Waals surface area contributed by atoms with Gasteiger partial charge in [-0.1, -0.05) is 139 Å². The van der Waals surface area contributed by atoms with Gasteiger partial charge in [0, 0.05) is 65.1 Å². The van der Waals surface area contributed by atoms with Gasteiger partial charge in [0.15, 0.2) is 0 Å². The molecule has 15 rings (SSSR count). The number of para-hydroxylation sites is 2. The Hall–Kier alpha value is -7.95. The zero-order valence-electron chi connectivity index (χ0n) is 38.5. The van der Waals surface area contributed by atoms with Crippen molar-refractivity contribution in [3.8, 4) is 16.8 Å². The molecule has 15 aromatic rings. The molecule has 0 N–H and O–H groups in total. The van der Waals surface area contributed by atoms with Crippen LogP contribution in [0.4, 0.5) is 0 Å². The van der Waals surface area contributed by atoms with E-state index < -0.39 is 0 Å². The Morgan fingerprint density at radius 1 is 0.373 bits per heavy atom. The Bertz CT molecular complexity index is 4620. The number of aromatic nitrogens is 4. The number of hydrogen-bond donors (Lipinski definition) is 0. The molecule has 0 amide bonds. The van der Waals surface area contributed by atoms with Crippen molar-refractivity contribution in [3.63, 3.8) is 0 Å². The van der Waals surface area contributed by atoms with E-state index in [-0.39, 0.29) is 10.8 Å². The zero-order valence-corrected chi connectivity index (χ0v) is 38.5. The highest BCUT2D eigenvalue weighted by atomic mass is 15.0. The van der Waals surface area contributed by atoms with Crippen LogP contribution in [0.1, 0.15) is 52.7 Å². The third-order valence-corrected chi connectivity index (χ3v) is 15.4. The fraction of sp³-hybridized carbons (Fsp3) is 0.127. The maximum absolute atomic E-state index is 5.60. The highest BCUT2D eigenvalue weighted by Gasteiger charge is 2.30. The Labute approximate surface area is 386 Å². The molecule has 9 aromatic carbocycles. The van der Waals surface area contributed by atoms with E-state index in [4.69, 9.17) is 4.98 Å². The van der Waals surface area contributed by atoms with E-state index in [0.717, 1.165) is 11.2 Å². The van der Waals surface area contributed by atoms with Crippen LogP contribution in [0.15, 0.2) is 170 Å². The van der Waals surface area contributed by atoms with Crippen molar-refractivity contribution in [1.29, 1.82) is 0 Å². The van der Waals surface area contributed by atoms with Crippen LogP contribution < -0.4 is 0 Å². The molecular formula is C63H46N4. The largest absolute Gasteiger partial charge is 0.309 e. The lowest BCUT2D eigenvalue weighted by atomic mass is 9.83. The molecule has 67 heavy (non-hydrogen) atoms. The van der Waals surface area contributed by atoms with Gasteiger partial charge in [-0.2, -0.15) is 0 Å². The van der Waals surface area contributed by atoms with Crippen molar-refractivity contribution in [3.05, 3.63) is 181 Å². The van der Waals surface area contributed by atoms with Crippen LogP contribution in [0.5, 0.6) is 0 Å². The molecule has 0 aliphatic carbocycles. The second kappa shape index (κ2) is 12.5. The molecule has 0 saturated carbocycles. The van der Waals surface area contributed by atoms with Crippen LogP contribution in [0.2, 0.25) is 0 Å². The third-order valence-electron chi connectivity index (χ3n) is 15.4. The van der Waals surface area contributed by atoms with Crippen LogP contribution in [-0.2, 0) is 10.8 Å². The molecule has 318 valence electrons. The molecule has 0 aliphatic heterocycles. The summed E-state index contributed by atoms with van der Waals surface area (Å²) in [6.07, 6.45) is 2.19. The lowest BCUT2D eigenvalue weighted by molar-refractivity contribution is 0.591. The number of benzene rings is 9. The first-order valence-corrected chi connectivity index (χ1v) is 23.7. The monoisotopic (exact) mass is 858 g/mol. The maximum Gasteiger partial charge on any atom is 0.146 e. The summed E-state index contributed by atoms with van der Waals surface area (Å²) in [5.74, 6) is 0. The van der Waals surface area contributed by atoms with Crippen LogP contribution in [-0.4, -0.2) is 18.4 Å². The molecule has 6 heterocycles. The Morgan fingerprint density at radius 3 is 1.73 bits per heavy atom. The summed E-state index contributed by atoms with van der Waals surface area (Å²) in [6.45, 7) is 14.1. The van der Waals surface area contributed by atoms with E-state index in [1.54, 1.807) is 0 Å². The van der Waals surface area contributed by atoms with Gasteiger partial charge in [-0.05, 0) is 116 Å². The van der Waals surface area contributed by atoms with Crippen molar-refractivity contribution in [2.75, 3.05) is 0 Å². The van der Waals surface area contributed by atoms with Gasteiger partial charge in [0.25, 0.3) is 0 Å². The molecule has 0 bridgehead atoms. The SMILES string of the molecule is CC(C)(C)c1cc(-c2ccc3c(c2)c2ccccc2n3-c2ccccc2)c2c(c1)c1c3ccccc3cc3c4c5c6cc(C(C)(C)C)cc7c8c9ccccc9ccc8n(c5ncc4n2c31)c76. The minimum Gasteiger partial charge on any atom is -0.309 e. The fourth-order valence-electron chi connectivity index (χ4n) is 12.2. The first kappa shape index (κ1) is 37.3. The Balaban J connectivity index is 1.14. The van der Waals surface area contributed by atoms with Gasteiger partial charge >= 0.3 is 0 Å². The molecule has 0 radical (unpaired) electrons. The van der Waals surface area contributed by atoms with E-state index in [0.29, 0.717) is 0 Å². The summed E-state index contributed by atoms with van der Waals surface area (Å²) in [4.78, 5) is 5.60. The lowest BCUT2D eigenvalue weighted by Gasteiger charge is -2.21. The average Bonchev–Trinajstić information content (AvgIpc) is 4.13. The van der Waals surface area contributed by atoms with Gasteiger partial charge in [0.1, 0.15) is 5.65 Å². The molecule has 0 saturated heterocycles. The number of nitrogens with zero attached hydrogens (tertiary/aromatic N) is 4. The molecule has 6 aromatic heterocycles. The first-order valence-electron chi connectivity index (χ1n) is 23.7. The van der Waals surface area contributed by atoms with E-state index in [1.807, 2.05) is 0 Å². The van der Waals surface area contributed by atoms with Crippen molar-refractivity contribution < 1.29 is 0 Å². The summed E-state index contributed by atoms with van der Waals surface area (Å²) < 4.78 is 7.48. The lowest BCUT2D eigenvalue weighted by Crippen LogP contribution is -2.11. The first-order chi connectivity index (χ1) is 32.5. The summed E-state index contributed by atoms with van der Waals surface area (Å²) in [5, 5.41) is 17.8. The molecular weight excluding hydrogens is 813 g/mol. The minimum atomic E-state index is -0.0897. The minimum absolute atomic E-state index is 0.0658. The number of fused-ring (bicyclic) bond motifs is 20. The zero-order chi connectivity index (χ0) is 44.8. The maximum atomic E-state index is 5.60. The molecule has 0 aliphatic rings. The summed E-state index contributed by atoms with van der Waals surface area (Å²) in [5.41, 5.74) is 15.7. The summed E-state index contributed by atoms with van der Waals surface area (Å²) >= 11 is 0. The highest BCUT2D eigenvalue weighted by Crippen LogP contribution is 2.51. The molecule has 4 nitrogen and oxygen atoms in total. The van der Waals surface area contributed by atoms with Crippen molar-refractivity contribution >= 4 is 120 Å². The Morgan fingerprint density at radius 2 is 0.970 bits per heavy atom. The summed E-state index contributed by atoms with van der Waals surface area (Å²) in [7, 11) is 0. The van der Waals surface area contributed by atoms with Gasteiger partial charge in [-0.25, -0.2) is 4.98 Å². The predicted octanol–water partition coefficient (Wildman–Crippen LogP) is 17.0. The number of pyridine rings is 1. The van der Waals surface area contributed by atoms with E-state index in [1.165, 1.54) is 136 Å². The number of hydrogen-bond acceptors (Lipinski definition) is 1. The van der Waals surface area contributed by atoms with Crippen LogP contribution in [0, 0.1) is 0 Å². The quantitative estimate of drug-likeness (QED) is 0.170. The van der Waals surface area contributed by atoms with Gasteiger partial charge in [0.2, 0.25) is 0 Å². The van der Waals surface area contributed by atoms with Crippen molar-refractivity contribution in [2.45, 2.75) is 52.4 Å². The van der Waals surface area contributed by atoms with Gasteiger partial charge in [0.05, 0.1) is 44.8 Å². The van der Waals surface area contributed by atoms with Crippen LogP contribution in [0.25, 0.3) is 136 Å². The Kier molecular flexibility index (Phi) is 6.94. The predicted molar refractivity (Wildman–Crippen MR) is 286 cm³/mol. The van der Waals surface area contributed by atoms with Crippen LogP contribution in [0.3, 0.4) is 0 Å². The summed E-state index contributed by atoms with van der Waals surface area (Å²) in [6, 6.07) is 61.7. The third kappa shape index (κ3) is 4.74. The molecule has 0 unspecified atom stereocenters. The molecule has 0 atom stereocenters. The van der Waals surface area contributed by atoms with E-state index >= 15 is 0 Å². The van der Waals surface area contributed by atoms with E-state index in [2.05, 4.69) is 225 Å². The second-order valence-corrected chi connectivity index (χ2v) is 21.2. The van der Waals surface area contributed by atoms with Crippen LogP contribution >= 0.6 is 0 Å². The fourth-order valence-corrected chi connectivity index (χ4v) is 12.2. The van der Waals surface area contributed by atoms with Gasteiger partial charge < -0.3 is 8.97 Å². The average molecular weight is 859 g/mol. The van der Waals surface area contributed by atoms with Gasteiger partial charge in [-0.3, -0.25) is 4.40 Å². The second-order valence-electron chi connectivity index (χ2n) is 21.2. The van der Waals surface area contributed by atoms with E-state index in [9.17, 15) is 0 Å². The van der Waals surface area contributed by atoms with Crippen molar-refractivity contribution in [1.82, 2.24) is 18.4 Å². The van der Waals surface area contributed by atoms with Crippen molar-refractivity contribution in [2.24, 2.45) is 0 Å². The smallest absolute Gasteiger partial charge is 0.146 e. The molecule has 0 fully saturated rings. The highest BCUT2D eigenvalue weighted by molar-refractivity contribution is 6.39. The standard InChI is InChI=1S/C63H46N4/c1-62(2,3)38-30-44(37-25-26-51-45(28-37)43-22-14-15-23-50(43)65(51)40-18-8-7-9-19-40)58-48(32-38)55-42-21-13-11-17-36(42)29-46-56-53(66(58)60(46)55)34-64-61-57(56)49-33-39(63(4,5)6)31-47-54-41-20-12-10-16-35(41)24-27-52(54)67(61)59(47)49/h7-34H,1-6H3. The number of rotatable bonds is 2. The molecule has 4 heteroatoms. The normalized spacial score (nSPS) is 13.2. The topological polar surface area (TPSA) is 26.6 Å². The van der Waals surface area contributed by atoms with Gasteiger partial charge in [-0.15, -0.1) is 0 Å².